The topological polar surface area (TPSA) is 41.6 Å². The van der Waals surface area contributed by atoms with Gasteiger partial charge in [-0.15, -0.1) is 5.39 Å². The van der Waals surface area contributed by atoms with E-state index in [0.717, 1.165) is 11.0 Å². The third-order valence-electron chi connectivity index (χ3n) is 1.15. The number of nitrogens with one attached hydrogen (secondary N) is 1. The molecule has 13 heavy (non-hydrogen) atoms. The third kappa shape index (κ3) is 3.68. The number of rotatable bonds is 0. The molecule has 3 nitrogen and oxygen atoms in total. The molecule has 2 aromatic rings. The summed E-state index contributed by atoms with van der Waals surface area (Å²) in [6.45, 7) is 4.00. The summed E-state index contributed by atoms with van der Waals surface area (Å²) in [6, 6.07) is 4.69. The van der Waals surface area contributed by atoms with Gasteiger partial charge in [-0.2, -0.15) is 0 Å². The van der Waals surface area contributed by atoms with Crippen LogP contribution in [0.2, 0.25) is 0 Å². The predicted octanol–water partition coefficient (Wildman–Crippen LogP) is 2.23. The molecular weight excluding hydrogens is 334 g/mol. The SMILES string of the molecule is CC.[CH3-].[W+2].[c-]1cnc2[nH]ncc2c1. The first kappa shape index (κ1) is 14.8. The van der Waals surface area contributed by atoms with E-state index in [4.69, 9.17) is 0 Å². The van der Waals surface area contributed by atoms with E-state index in [0.29, 0.717) is 0 Å². The smallest absolute Gasteiger partial charge is 0.358 e. The van der Waals surface area contributed by atoms with Crippen molar-refractivity contribution in [1.82, 2.24) is 15.2 Å². The van der Waals surface area contributed by atoms with Gasteiger partial charge < -0.3 is 7.43 Å². The van der Waals surface area contributed by atoms with Gasteiger partial charge in [-0.05, 0) is 6.20 Å². The van der Waals surface area contributed by atoms with Crippen molar-refractivity contribution >= 4 is 11.0 Å². The minimum absolute atomic E-state index is 0. The Labute approximate surface area is 93.2 Å². The van der Waals surface area contributed by atoms with Gasteiger partial charge in [0, 0.05) is 0 Å². The van der Waals surface area contributed by atoms with Gasteiger partial charge in [0.2, 0.25) is 0 Å². The minimum Gasteiger partial charge on any atom is -0.358 e. The molecule has 0 aliphatic rings. The molecule has 2 heterocycles. The van der Waals surface area contributed by atoms with E-state index in [1.807, 2.05) is 19.9 Å². The molecule has 0 radical (unpaired) electrons. The molecule has 0 saturated carbocycles. The van der Waals surface area contributed by atoms with Gasteiger partial charge in [0.1, 0.15) is 0 Å². The van der Waals surface area contributed by atoms with Crippen LogP contribution in [0.5, 0.6) is 0 Å². The number of pyridine rings is 1. The molecule has 0 unspecified atom stereocenters. The third-order valence-corrected chi connectivity index (χ3v) is 1.15. The van der Waals surface area contributed by atoms with Crippen LogP contribution in [0.3, 0.4) is 0 Å². The van der Waals surface area contributed by atoms with E-state index >= 15 is 0 Å². The molecule has 0 spiro atoms. The van der Waals surface area contributed by atoms with Crippen LogP contribution in [0.4, 0.5) is 0 Å². The molecular formula is C9H13N3W. The summed E-state index contributed by atoms with van der Waals surface area (Å²) in [4.78, 5) is 3.97. The van der Waals surface area contributed by atoms with Gasteiger partial charge in [-0.25, -0.2) is 17.2 Å². The summed E-state index contributed by atoms with van der Waals surface area (Å²) in [5.41, 5.74) is 0.814. The van der Waals surface area contributed by atoms with E-state index in [1.54, 1.807) is 12.4 Å². The van der Waals surface area contributed by atoms with Gasteiger partial charge in [0.15, 0.2) is 0 Å². The van der Waals surface area contributed by atoms with Crippen LogP contribution in [-0.2, 0) is 21.1 Å². The Morgan fingerprint density at radius 2 is 2.08 bits per heavy atom. The molecule has 0 amide bonds. The molecule has 2 aromatic heterocycles. The number of H-pyrrole nitrogens is 1. The van der Waals surface area contributed by atoms with Crippen LogP contribution >= 0.6 is 0 Å². The quantitative estimate of drug-likeness (QED) is 0.743. The number of fused-ring (bicyclic) bond motifs is 1. The first-order valence-corrected chi connectivity index (χ1v) is 3.62. The number of nitrogens with zero attached hydrogens (tertiary/aromatic N) is 2. The molecule has 0 aliphatic heterocycles. The van der Waals surface area contributed by atoms with Gasteiger partial charge >= 0.3 is 21.1 Å². The average molecular weight is 347 g/mol. The predicted molar refractivity (Wildman–Crippen MR) is 50.5 cm³/mol. The van der Waals surface area contributed by atoms with Gasteiger partial charge in [0.25, 0.3) is 0 Å². The Morgan fingerprint density at radius 1 is 1.38 bits per heavy atom. The molecule has 70 valence electrons. The van der Waals surface area contributed by atoms with E-state index < -0.39 is 0 Å². The molecule has 0 aromatic carbocycles. The second kappa shape index (κ2) is 7.93. The van der Waals surface area contributed by atoms with Crippen LogP contribution < -0.4 is 0 Å². The maximum atomic E-state index is 3.97. The fourth-order valence-corrected chi connectivity index (χ4v) is 0.727. The second-order valence-corrected chi connectivity index (χ2v) is 1.74. The summed E-state index contributed by atoms with van der Waals surface area (Å²) in [7, 11) is 0. The van der Waals surface area contributed by atoms with Crippen molar-refractivity contribution in [3.05, 3.63) is 32.0 Å². The Bertz CT molecular complexity index is 289. The summed E-state index contributed by atoms with van der Waals surface area (Å²) in [5.74, 6) is 0. The Balaban J connectivity index is 0. The Kier molecular flexibility index (Phi) is 9.04. The molecule has 0 saturated heterocycles. The first-order valence-electron chi connectivity index (χ1n) is 3.62. The largest absolute Gasteiger partial charge is 2.00 e. The summed E-state index contributed by atoms with van der Waals surface area (Å²) in [6.07, 6.45) is 3.33. The van der Waals surface area contributed by atoms with Crippen LogP contribution in [-0.4, -0.2) is 15.2 Å². The summed E-state index contributed by atoms with van der Waals surface area (Å²) < 4.78 is 0. The van der Waals surface area contributed by atoms with E-state index in [9.17, 15) is 0 Å². The van der Waals surface area contributed by atoms with E-state index in [1.165, 1.54) is 0 Å². The zero-order valence-corrected chi connectivity index (χ0v) is 11.0. The van der Waals surface area contributed by atoms with Crippen LogP contribution in [0, 0.1) is 13.5 Å². The molecule has 1 N–H and O–H groups in total. The van der Waals surface area contributed by atoms with Crippen molar-refractivity contribution in [2.24, 2.45) is 0 Å². The molecule has 0 bridgehead atoms. The van der Waals surface area contributed by atoms with Crippen molar-refractivity contribution in [3.8, 4) is 0 Å². The number of hydrogen-bond acceptors (Lipinski definition) is 2. The summed E-state index contributed by atoms with van der Waals surface area (Å²) in [5, 5.41) is 7.53. The average Bonchev–Trinajstić information content (AvgIpc) is 2.55. The molecule has 4 heteroatoms. The van der Waals surface area contributed by atoms with Crippen molar-refractivity contribution in [3.63, 3.8) is 0 Å². The Morgan fingerprint density at radius 3 is 2.69 bits per heavy atom. The standard InChI is InChI=1S/C6H4N3.C2H6.CH3.W/c1-2-5-4-8-9-6(5)7-3-1;1-2;;/h2-4H,(H,7,8,9);1-2H3;1H3;/q-1;;-1;+2. The second-order valence-electron chi connectivity index (χ2n) is 1.74. The first-order chi connectivity index (χ1) is 5.47. The van der Waals surface area contributed by atoms with Crippen molar-refractivity contribution in [1.29, 1.82) is 0 Å². The normalized spacial score (nSPS) is 7.54. The van der Waals surface area contributed by atoms with Crippen molar-refractivity contribution in [2.75, 3.05) is 0 Å². The van der Waals surface area contributed by atoms with E-state index in [2.05, 4.69) is 21.2 Å². The number of aromatic amines is 1. The van der Waals surface area contributed by atoms with Crippen LogP contribution in [0.1, 0.15) is 13.8 Å². The van der Waals surface area contributed by atoms with E-state index in [-0.39, 0.29) is 28.5 Å². The van der Waals surface area contributed by atoms with Crippen LogP contribution in [0.25, 0.3) is 11.0 Å². The fourth-order valence-electron chi connectivity index (χ4n) is 0.727. The fraction of sp³-hybridized carbons (Fsp3) is 0.222. The van der Waals surface area contributed by atoms with Crippen molar-refractivity contribution in [2.45, 2.75) is 13.8 Å². The number of aromatic nitrogens is 3. The molecule has 0 aliphatic carbocycles. The molecule has 0 fully saturated rings. The maximum absolute atomic E-state index is 3.97. The maximum Gasteiger partial charge on any atom is 2.00 e. The van der Waals surface area contributed by atoms with Gasteiger partial charge in [-0.3, -0.25) is 10.1 Å². The van der Waals surface area contributed by atoms with Crippen molar-refractivity contribution < 1.29 is 21.1 Å². The zero-order valence-electron chi connectivity index (χ0n) is 8.03. The number of hydrogen-bond donors (Lipinski definition) is 1. The zero-order chi connectivity index (χ0) is 8.10. The monoisotopic (exact) mass is 347 g/mol. The Hall–Kier alpha value is -0.692. The molecule has 0 atom stereocenters. The van der Waals surface area contributed by atoms with Gasteiger partial charge in [-0.1, -0.05) is 20.0 Å². The minimum atomic E-state index is 0. The summed E-state index contributed by atoms with van der Waals surface area (Å²) >= 11 is 0. The van der Waals surface area contributed by atoms with Crippen LogP contribution in [0.15, 0.2) is 18.5 Å². The van der Waals surface area contributed by atoms with Gasteiger partial charge in [0.05, 0.1) is 5.65 Å². The molecule has 2 rings (SSSR count).